The van der Waals surface area contributed by atoms with Gasteiger partial charge in [-0.1, -0.05) is 11.6 Å². The third kappa shape index (κ3) is 2.73. The number of carbonyl (C=O) groups excluding carboxylic acids is 2. The van der Waals surface area contributed by atoms with Gasteiger partial charge < -0.3 is 16.0 Å². The highest BCUT2D eigenvalue weighted by molar-refractivity contribution is 6.30. The van der Waals surface area contributed by atoms with Crippen molar-refractivity contribution in [2.75, 3.05) is 11.9 Å². The molecule has 1 aromatic carbocycles. The van der Waals surface area contributed by atoms with Crippen LogP contribution in [0.25, 0.3) is 0 Å². The molecule has 2 rings (SSSR count). The number of nitrogens with one attached hydrogen (secondary N) is 1. The number of benzene rings is 1. The zero-order valence-electron chi connectivity index (χ0n) is 9.73. The second-order valence-electron chi connectivity index (χ2n) is 4.19. The minimum atomic E-state index is -0.502. The van der Waals surface area contributed by atoms with Gasteiger partial charge >= 0.3 is 6.03 Å². The van der Waals surface area contributed by atoms with E-state index in [-0.39, 0.29) is 6.03 Å². The van der Waals surface area contributed by atoms with Gasteiger partial charge in [0.15, 0.2) is 0 Å². The number of nitrogens with two attached hydrogens (primary N) is 1. The van der Waals surface area contributed by atoms with E-state index < -0.39 is 11.9 Å². The Balaban J connectivity index is 2.03. The number of rotatable bonds is 2. The van der Waals surface area contributed by atoms with Crippen molar-refractivity contribution in [1.29, 1.82) is 0 Å². The summed E-state index contributed by atoms with van der Waals surface area (Å²) >= 11 is 5.76. The van der Waals surface area contributed by atoms with Gasteiger partial charge in [-0.3, -0.25) is 4.79 Å². The summed E-state index contributed by atoms with van der Waals surface area (Å²) in [5, 5.41) is 3.32. The molecule has 3 amide bonds. The molecular formula is C12H14ClN3O2. The Labute approximate surface area is 110 Å². The molecule has 0 radical (unpaired) electrons. The summed E-state index contributed by atoms with van der Waals surface area (Å²) in [7, 11) is 0. The highest BCUT2D eigenvalue weighted by atomic mass is 35.5. The Hall–Kier alpha value is -1.75. The van der Waals surface area contributed by atoms with Gasteiger partial charge in [0.2, 0.25) is 5.91 Å². The first-order valence-corrected chi connectivity index (χ1v) is 6.08. The van der Waals surface area contributed by atoms with Gasteiger partial charge in [-0.05, 0) is 37.1 Å². The first-order valence-electron chi connectivity index (χ1n) is 5.70. The predicted molar refractivity (Wildman–Crippen MR) is 69.4 cm³/mol. The molecule has 1 atom stereocenters. The molecule has 1 saturated heterocycles. The molecular weight excluding hydrogens is 254 g/mol. The summed E-state index contributed by atoms with van der Waals surface area (Å²) in [4.78, 5) is 24.7. The van der Waals surface area contributed by atoms with Crippen molar-refractivity contribution < 1.29 is 9.59 Å². The normalized spacial score (nSPS) is 18.7. The van der Waals surface area contributed by atoms with Crippen molar-refractivity contribution in [1.82, 2.24) is 4.90 Å². The maximum absolute atomic E-state index is 12.0. The van der Waals surface area contributed by atoms with Crippen LogP contribution < -0.4 is 11.1 Å². The second kappa shape index (κ2) is 5.27. The topological polar surface area (TPSA) is 75.4 Å². The number of likely N-dealkylation sites (tertiary alicyclic amines) is 1. The fraction of sp³-hybridized carbons (Fsp3) is 0.333. The molecule has 0 spiro atoms. The second-order valence-corrected chi connectivity index (χ2v) is 4.63. The molecule has 1 aromatic rings. The number of anilines is 1. The number of primary amides is 1. The Bertz CT molecular complexity index is 461. The number of hydrogen-bond acceptors (Lipinski definition) is 2. The van der Waals surface area contributed by atoms with E-state index >= 15 is 0 Å². The summed E-state index contributed by atoms with van der Waals surface area (Å²) in [6, 6.07) is 5.97. The lowest BCUT2D eigenvalue weighted by Gasteiger charge is -2.22. The zero-order chi connectivity index (χ0) is 13.1. The van der Waals surface area contributed by atoms with Gasteiger partial charge in [-0.2, -0.15) is 0 Å². The van der Waals surface area contributed by atoms with E-state index in [4.69, 9.17) is 17.3 Å². The predicted octanol–water partition coefficient (Wildman–Crippen LogP) is 1.82. The van der Waals surface area contributed by atoms with Crippen molar-refractivity contribution in [2.45, 2.75) is 18.9 Å². The summed E-state index contributed by atoms with van der Waals surface area (Å²) in [6.07, 6.45) is 1.42. The third-order valence-corrected chi connectivity index (χ3v) is 3.19. The summed E-state index contributed by atoms with van der Waals surface area (Å²) < 4.78 is 0. The number of nitrogens with zero attached hydrogens (tertiary/aromatic N) is 1. The Morgan fingerprint density at radius 2 is 2.00 bits per heavy atom. The van der Waals surface area contributed by atoms with Crippen molar-refractivity contribution in [3.05, 3.63) is 29.3 Å². The molecule has 18 heavy (non-hydrogen) atoms. The number of hydrogen-bond donors (Lipinski definition) is 2. The first kappa shape index (κ1) is 12.7. The fourth-order valence-electron chi connectivity index (χ4n) is 2.03. The molecule has 5 nitrogen and oxygen atoms in total. The molecule has 1 fully saturated rings. The number of amides is 3. The number of carbonyl (C=O) groups is 2. The van der Waals surface area contributed by atoms with Crippen LogP contribution in [0.4, 0.5) is 10.5 Å². The lowest BCUT2D eigenvalue weighted by molar-refractivity contribution is -0.121. The lowest BCUT2D eigenvalue weighted by Crippen LogP contribution is -2.45. The van der Waals surface area contributed by atoms with E-state index in [0.29, 0.717) is 23.7 Å². The van der Waals surface area contributed by atoms with E-state index in [2.05, 4.69) is 5.32 Å². The molecule has 6 heteroatoms. The van der Waals surface area contributed by atoms with E-state index in [9.17, 15) is 9.59 Å². The van der Waals surface area contributed by atoms with Gasteiger partial charge in [-0.15, -0.1) is 0 Å². The molecule has 1 aliphatic heterocycles. The molecule has 0 saturated carbocycles. The quantitative estimate of drug-likeness (QED) is 0.858. The summed E-state index contributed by atoms with van der Waals surface area (Å²) in [5.74, 6) is -0.459. The van der Waals surface area contributed by atoms with Gasteiger partial charge in [-0.25, -0.2) is 4.79 Å². The maximum Gasteiger partial charge on any atom is 0.322 e. The van der Waals surface area contributed by atoms with Crippen LogP contribution in [0.3, 0.4) is 0 Å². The van der Waals surface area contributed by atoms with Crippen molar-refractivity contribution >= 4 is 29.2 Å². The van der Waals surface area contributed by atoms with Crippen molar-refractivity contribution in [3.63, 3.8) is 0 Å². The van der Waals surface area contributed by atoms with Crippen LogP contribution >= 0.6 is 11.6 Å². The SMILES string of the molecule is NC(=O)C1CCCN1C(=O)Nc1ccc(Cl)cc1. The molecule has 3 N–H and O–H groups in total. The molecule has 0 aliphatic carbocycles. The van der Waals surface area contributed by atoms with Gasteiger partial charge in [0.05, 0.1) is 0 Å². The Kier molecular flexibility index (Phi) is 3.72. The summed E-state index contributed by atoms with van der Waals surface area (Å²) in [5.41, 5.74) is 5.90. The lowest BCUT2D eigenvalue weighted by atomic mass is 10.2. The van der Waals surface area contributed by atoms with Crippen molar-refractivity contribution in [3.8, 4) is 0 Å². The van der Waals surface area contributed by atoms with Crippen LogP contribution in [0.1, 0.15) is 12.8 Å². The van der Waals surface area contributed by atoms with Gasteiger partial charge in [0, 0.05) is 17.3 Å². The Morgan fingerprint density at radius 1 is 1.33 bits per heavy atom. The van der Waals surface area contributed by atoms with E-state index in [1.54, 1.807) is 24.3 Å². The molecule has 0 bridgehead atoms. The van der Waals surface area contributed by atoms with E-state index in [1.165, 1.54) is 4.90 Å². The maximum atomic E-state index is 12.0. The Morgan fingerprint density at radius 3 is 2.61 bits per heavy atom. The molecule has 0 aromatic heterocycles. The van der Waals surface area contributed by atoms with Gasteiger partial charge in [0.1, 0.15) is 6.04 Å². The van der Waals surface area contributed by atoms with Crippen molar-refractivity contribution in [2.24, 2.45) is 5.73 Å². The largest absolute Gasteiger partial charge is 0.368 e. The first-order chi connectivity index (χ1) is 8.58. The van der Waals surface area contributed by atoms with Crippen LogP contribution in [0.5, 0.6) is 0 Å². The number of halogens is 1. The smallest absolute Gasteiger partial charge is 0.322 e. The van der Waals surface area contributed by atoms with E-state index in [0.717, 1.165) is 6.42 Å². The molecule has 96 valence electrons. The van der Waals surface area contributed by atoms with Crippen LogP contribution in [-0.2, 0) is 4.79 Å². The zero-order valence-corrected chi connectivity index (χ0v) is 10.5. The van der Waals surface area contributed by atoms with Gasteiger partial charge in [0.25, 0.3) is 0 Å². The molecule has 1 heterocycles. The number of urea groups is 1. The standard InChI is InChI=1S/C12H14ClN3O2/c13-8-3-5-9(6-4-8)15-12(18)16-7-1-2-10(16)11(14)17/h3-6,10H,1-2,7H2,(H2,14,17)(H,15,18). The van der Waals surface area contributed by atoms with Crippen LogP contribution in [0.2, 0.25) is 5.02 Å². The minimum absolute atomic E-state index is 0.307. The fourth-order valence-corrected chi connectivity index (χ4v) is 2.16. The summed E-state index contributed by atoms with van der Waals surface area (Å²) in [6.45, 7) is 0.549. The minimum Gasteiger partial charge on any atom is -0.368 e. The monoisotopic (exact) mass is 267 g/mol. The van der Waals surface area contributed by atoms with Crippen LogP contribution in [0.15, 0.2) is 24.3 Å². The average molecular weight is 268 g/mol. The third-order valence-electron chi connectivity index (χ3n) is 2.94. The molecule has 1 unspecified atom stereocenters. The highest BCUT2D eigenvalue weighted by Crippen LogP contribution is 2.19. The highest BCUT2D eigenvalue weighted by Gasteiger charge is 2.32. The molecule has 1 aliphatic rings. The van der Waals surface area contributed by atoms with Crippen LogP contribution in [0, 0.1) is 0 Å². The average Bonchev–Trinajstić information content (AvgIpc) is 2.81. The van der Waals surface area contributed by atoms with Crippen LogP contribution in [-0.4, -0.2) is 29.4 Å². The van der Waals surface area contributed by atoms with E-state index in [1.807, 2.05) is 0 Å².